The number of pyridine rings is 1. The molecule has 5 nitrogen and oxygen atoms in total. The summed E-state index contributed by atoms with van der Waals surface area (Å²) < 4.78 is 1.41. The van der Waals surface area contributed by atoms with Crippen LogP contribution < -0.4 is 16.6 Å². The van der Waals surface area contributed by atoms with Gasteiger partial charge in [0.15, 0.2) is 0 Å². The number of nitrogens with two attached hydrogens (primary N) is 1. The van der Waals surface area contributed by atoms with Crippen LogP contribution in [-0.4, -0.2) is 17.0 Å². The van der Waals surface area contributed by atoms with Gasteiger partial charge < -0.3 is 15.6 Å². The second kappa shape index (κ2) is 6.30. The lowest BCUT2D eigenvalue weighted by molar-refractivity contribution is -0.119. The Morgan fingerprint density at radius 2 is 2.19 bits per heavy atom. The Morgan fingerprint density at radius 1 is 1.56 bits per heavy atom. The minimum absolute atomic E-state index is 0. The highest BCUT2D eigenvalue weighted by Crippen LogP contribution is 2.04. The van der Waals surface area contributed by atoms with Crippen LogP contribution in [0.2, 0.25) is 0 Å². The van der Waals surface area contributed by atoms with E-state index in [4.69, 9.17) is 5.73 Å². The van der Waals surface area contributed by atoms with Crippen molar-refractivity contribution < 1.29 is 4.79 Å². The van der Waals surface area contributed by atoms with E-state index in [2.05, 4.69) is 5.32 Å². The quantitative estimate of drug-likeness (QED) is 0.806. The highest BCUT2D eigenvalue weighted by Gasteiger charge is 2.10. The summed E-state index contributed by atoms with van der Waals surface area (Å²) in [5.41, 5.74) is 5.85. The van der Waals surface area contributed by atoms with Crippen molar-refractivity contribution in [3.05, 3.63) is 28.7 Å². The molecule has 1 amide bonds. The molecular weight excluding hydrogens is 230 g/mol. The van der Waals surface area contributed by atoms with E-state index in [1.165, 1.54) is 10.6 Å². The minimum Gasteiger partial charge on any atom is -0.330 e. The van der Waals surface area contributed by atoms with Gasteiger partial charge in [-0.2, -0.15) is 0 Å². The largest absolute Gasteiger partial charge is 0.330 e. The van der Waals surface area contributed by atoms with Crippen molar-refractivity contribution in [3.63, 3.8) is 0 Å². The van der Waals surface area contributed by atoms with E-state index in [1.807, 2.05) is 0 Å². The topological polar surface area (TPSA) is 77.1 Å². The van der Waals surface area contributed by atoms with Gasteiger partial charge in [0, 0.05) is 31.8 Å². The molecular formula is C10H16ClN3O2. The Labute approximate surface area is 100 Å². The minimum atomic E-state index is -0.234. The molecule has 0 fully saturated rings. The molecule has 1 rings (SSSR count). The number of carbonyl (C=O) groups is 1. The van der Waals surface area contributed by atoms with Crippen molar-refractivity contribution in [2.24, 2.45) is 18.7 Å². The Kier molecular flexibility index (Phi) is 5.77. The Hall–Kier alpha value is -1.33. The smallest absolute Gasteiger partial charge is 0.250 e. The third-order valence-corrected chi connectivity index (χ3v) is 2.15. The van der Waals surface area contributed by atoms with E-state index in [1.54, 1.807) is 26.2 Å². The van der Waals surface area contributed by atoms with Gasteiger partial charge in [0.05, 0.1) is 5.69 Å². The summed E-state index contributed by atoms with van der Waals surface area (Å²) in [7, 11) is 1.63. The van der Waals surface area contributed by atoms with Gasteiger partial charge in [0.2, 0.25) is 11.5 Å². The monoisotopic (exact) mass is 245 g/mol. The zero-order valence-electron chi connectivity index (χ0n) is 9.27. The Balaban J connectivity index is 0.00000225. The van der Waals surface area contributed by atoms with Gasteiger partial charge in [0.1, 0.15) is 0 Å². The van der Waals surface area contributed by atoms with Crippen molar-refractivity contribution in [1.82, 2.24) is 4.57 Å². The molecule has 1 aromatic rings. The van der Waals surface area contributed by atoms with Gasteiger partial charge in [-0.3, -0.25) is 9.59 Å². The lowest BCUT2D eigenvalue weighted by Gasteiger charge is -2.10. The third-order valence-electron chi connectivity index (χ3n) is 2.15. The van der Waals surface area contributed by atoms with Gasteiger partial charge >= 0.3 is 0 Å². The van der Waals surface area contributed by atoms with Crippen LogP contribution in [0.15, 0.2) is 23.1 Å². The molecule has 0 aromatic carbocycles. The van der Waals surface area contributed by atoms with Gasteiger partial charge in [-0.15, -0.1) is 12.4 Å². The predicted molar refractivity (Wildman–Crippen MR) is 65.8 cm³/mol. The fourth-order valence-corrected chi connectivity index (χ4v) is 1.04. The van der Waals surface area contributed by atoms with Gasteiger partial charge in [-0.1, -0.05) is 6.92 Å². The molecule has 0 radical (unpaired) electrons. The maximum Gasteiger partial charge on any atom is 0.250 e. The lowest BCUT2D eigenvalue weighted by atomic mass is 10.1. The van der Waals surface area contributed by atoms with Crippen molar-refractivity contribution in [2.75, 3.05) is 11.9 Å². The second-order valence-corrected chi connectivity index (χ2v) is 3.49. The zero-order valence-corrected chi connectivity index (χ0v) is 10.1. The molecule has 6 heteroatoms. The zero-order chi connectivity index (χ0) is 11.4. The molecule has 0 bridgehead atoms. The number of nitrogens with one attached hydrogen (secondary N) is 1. The Morgan fingerprint density at radius 3 is 2.69 bits per heavy atom. The van der Waals surface area contributed by atoms with Crippen molar-refractivity contribution >= 4 is 24.0 Å². The van der Waals surface area contributed by atoms with E-state index in [-0.39, 0.29) is 29.8 Å². The molecule has 0 spiro atoms. The van der Waals surface area contributed by atoms with Gasteiger partial charge in [0.25, 0.3) is 0 Å². The molecule has 16 heavy (non-hydrogen) atoms. The number of carbonyl (C=O) groups excluding carboxylic acids is 1. The second-order valence-electron chi connectivity index (χ2n) is 3.49. The molecule has 1 unspecified atom stereocenters. The molecule has 0 aliphatic carbocycles. The molecule has 0 saturated heterocycles. The highest BCUT2D eigenvalue weighted by atomic mass is 35.5. The van der Waals surface area contributed by atoms with Gasteiger partial charge in [-0.05, 0) is 6.07 Å². The van der Waals surface area contributed by atoms with Gasteiger partial charge in [-0.25, -0.2) is 0 Å². The summed E-state index contributed by atoms with van der Waals surface area (Å²) in [4.78, 5) is 22.5. The molecule has 3 N–H and O–H groups in total. The number of aromatic nitrogens is 1. The number of aryl methyl sites for hydroxylation is 1. The fourth-order valence-electron chi connectivity index (χ4n) is 1.04. The maximum atomic E-state index is 11.5. The summed E-state index contributed by atoms with van der Waals surface area (Å²) in [5, 5.41) is 2.68. The third kappa shape index (κ3) is 3.67. The average molecular weight is 246 g/mol. The maximum absolute atomic E-state index is 11.5. The number of nitrogens with zero attached hydrogens (tertiary/aromatic N) is 1. The summed E-state index contributed by atoms with van der Waals surface area (Å²) in [6, 6.07) is 2.98. The molecule has 0 aliphatic heterocycles. The first kappa shape index (κ1) is 14.7. The van der Waals surface area contributed by atoms with E-state index < -0.39 is 0 Å². The van der Waals surface area contributed by atoms with Crippen LogP contribution >= 0.6 is 12.4 Å². The van der Waals surface area contributed by atoms with Crippen LogP contribution in [0.3, 0.4) is 0 Å². The van der Waals surface area contributed by atoms with Crippen molar-refractivity contribution in [3.8, 4) is 0 Å². The molecule has 1 heterocycles. The van der Waals surface area contributed by atoms with Crippen LogP contribution in [0.5, 0.6) is 0 Å². The summed E-state index contributed by atoms with van der Waals surface area (Å²) in [6.45, 7) is 2.05. The Bertz CT molecular complexity index is 417. The molecule has 0 aliphatic rings. The summed E-state index contributed by atoms with van der Waals surface area (Å²) >= 11 is 0. The van der Waals surface area contributed by atoms with Crippen LogP contribution in [0.1, 0.15) is 6.92 Å². The van der Waals surface area contributed by atoms with E-state index in [9.17, 15) is 9.59 Å². The normalized spacial score (nSPS) is 11.4. The number of halogens is 1. The van der Waals surface area contributed by atoms with Crippen LogP contribution in [-0.2, 0) is 11.8 Å². The first-order chi connectivity index (χ1) is 7.04. The number of anilines is 1. The summed E-state index contributed by atoms with van der Waals surface area (Å²) in [5.74, 6) is -0.376. The number of hydrogen-bond acceptors (Lipinski definition) is 3. The number of rotatable bonds is 3. The van der Waals surface area contributed by atoms with Crippen LogP contribution in [0, 0.1) is 5.92 Å². The molecule has 1 atom stereocenters. The number of hydrogen-bond donors (Lipinski definition) is 2. The summed E-state index contributed by atoms with van der Waals surface area (Å²) in [6.07, 6.45) is 1.57. The molecule has 1 aromatic heterocycles. The van der Waals surface area contributed by atoms with E-state index >= 15 is 0 Å². The molecule has 90 valence electrons. The van der Waals surface area contributed by atoms with Crippen molar-refractivity contribution in [1.29, 1.82) is 0 Å². The lowest BCUT2D eigenvalue weighted by Crippen LogP contribution is -2.27. The first-order valence-electron chi connectivity index (χ1n) is 4.72. The highest BCUT2D eigenvalue weighted by molar-refractivity contribution is 5.92. The standard InChI is InChI=1S/C10H15N3O2.ClH/c1-7(5-11)10(15)12-8-3-4-9(14)13(2)6-8;/h3-4,6-7H,5,11H2,1-2H3,(H,12,15);1H. The molecule has 0 saturated carbocycles. The fraction of sp³-hybridized carbons (Fsp3) is 0.400. The van der Waals surface area contributed by atoms with Crippen molar-refractivity contribution in [2.45, 2.75) is 6.92 Å². The van der Waals surface area contributed by atoms with E-state index in [0.717, 1.165) is 0 Å². The predicted octanol–water partition coefficient (Wildman–Crippen LogP) is 0.340. The first-order valence-corrected chi connectivity index (χ1v) is 4.72. The van der Waals surface area contributed by atoms with Crippen LogP contribution in [0.4, 0.5) is 5.69 Å². The average Bonchev–Trinajstić information content (AvgIpc) is 2.22. The SMILES string of the molecule is CC(CN)C(=O)Nc1ccc(=O)n(C)c1.Cl. The van der Waals surface area contributed by atoms with E-state index in [0.29, 0.717) is 12.2 Å². The van der Waals surface area contributed by atoms with Crippen LogP contribution in [0.25, 0.3) is 0 Å². The number of amides is 1.